The van der Waals surface area contributed by atoms with Gasteiger partial charge in [-0.2, -0.15) is 0 Å². The van der Waals surface area contributed by atoms with Crippen LogP contribution in [0.5, 0.6) is 0 Å². The van der Waals surface area contributed by atoms with E-state index in [9.17, 15) is 14.7 Å². The quantitative estimate of drug-likeness (QED) is 0.278. The fourth-order valence-electron chi connectivity index (χ4n) is 4.65. The molecule has 0 aliphatic carbocycles. The molecule has 3 heterocycles. The molecule has 176 valence electrons. The summed E-state index contributed by atoms with van der Waals surface area (Å²) in [6.07, 6.45) is 1.49. The van der Waals surface area contributed by atoms with E-state index in [0.717, 1.165) is 16.3 Å². The summed E-state index contributed by atoms with van der Waals surface area (Å²) >= 11 is 1.24. The average molecular weight is 493 g/mol. The Hall–Kier alpha value is -4.49. The van der Waals surface area contributed by atoms with Gasteiger partial charge in [0, 0.05) is 10.9 Å². The van der Waals surface area contributed by atoms with Gasteiger partial charge in [0.05, 0.1) is 28.1 Å². The van der Waals surface area contributed by atoms with Crippen LogP contribution in [-0.4, -0.2) is 21.8 Å². The molecule has 0 radical (unpaired) electrons. The Morgan fingerprint density at radius 3 is 2.50 bits per heavy atom. The number of thiazole rings is 1. The molecule has 36 heavy (non-hydrogen) atoms. The van der Waals surface area contributed by atoms with Crippen LogP contribution in [0.15, 0.2) is 107 Å². The van der Waals surface area contributed by atoms with E-state index in [4.69, 9.17) is 4.42 Å². The first kappa shape index (κ1) is 22.0. The molecule has 5 aromatic rings. The van der Waals surface area contributed by atoms with Crippen molar-refractivity contribution in [3.63, 3.8) is 0 Å². The second-order valence-corrected chi connectivity index (χ2v) is 9.48. The predicted octanol–water partition coefficient (Wildman–Crippen LogP) is 6.65. The molecule has 1 amide bonds. The zero-order valence-electron chi connectivity index (χ0n) is 19.2. The van der Waals surface area contributed by atoms with Crippen LogP contribution in [0, 0.1) is 6.92 Å². The number of rotatable bonds is 5. The maximum absolute atomic E-state index is 13.9. The molecule has 6 rings (SSSR count). The lowest BCUT2D eigenvalue weighted by molar-refractivity contribution is -0.117. The largest absolute Gasteiger partial charge is 0.503 e. The number of aromatic nitrogens is 1. The zero-order chi connectivity index (χ0) is 24.8. The summed E-state index contributed by atoms with van der Waals surface area (Å²) in [5.74, 6) is -1.29. The van der Waals surface area contributed by atoms with Crippen LogP contribution in [0.1, 0.15) is 27.2 Å². The number of hydrogen-bond donors (Lipinski definition) is 1. The molecule has 1 atom stereocenters. The first-order valence-corrected chi connectivity index (χ1v) is 12.2. The number of Topliss-reactive ketones (excluding diaryl/α,β-unsaturated/α-hetero) is 1. The SMILES string of the molecule is Cc1nc(-c2ccccc2)sc1C(=O)C1=C(O)C(=O)N(c2cccc3ccccc23)C1c1ccco1. The number of ketones is 1. The van der Waals surface area contributed by atoms with Crippen LogP contribution in [0.2, 0.25) is 0 Å². The molecule has 7 heteroatoms. The van der Waals surface area contributed by atoms with Crippen LogP contribution >= 0.6 is 11.3 Å². The van der Waals surface area contributed by atoms with Crippen LogP contribution in [0.4, 0.5) is 5.69 Å². The van der Waals surface area contributed by atoms with Crippen molar-refractivity contribution in [1.82, 2.24) is 4.98 Å². The fraction of sp³-hybridized carbons (Fsp3) is 0.0690. The minimum absolute atomic E-state index is 0.0192. The number of anilines is 1. The smallest absolute Gasteiger partial charge is 0.294 e. The van der Waals surface area contributed by atoms with Crippen LogP contribution in [0.25, 0.3) is 21.3 Å². The van der Waals surface area contributed by atoms with E-state index in [1.807, 2.05) is 72.8 Å². The minimum Gasteiger partial charge on any atom is -0.503 e. The molecule has 1 N–H and O–H groups in total. The van der Waals surface area contributed by atoms with E-state index in [1.165, 1.54) is 22.5 Å². The highest BCUT2D eigenvalue weighted by molar-refractivity contribution is 7.17. The molecule has 1 unspecified atom stereocenters. The number of carbonyl (C=O) groups excluding carboxylic acids is 2. The number of aryl methyl sites for hydroxylation is 1. The number of amides is 1. The van der Waals surface area contributed by atoms with Gasteiger partial charge in [0.15, 0.2) is 5.76 Å². The highest BCUT2D eigenvalue weighted by Gasteiger charge is 2.47. The molecule has 2 aromatic heterocycles. The average Bonchev–Trinajstić information content (AvgIpc) is 3.63. The van der Waals surface area contributed by atoms with Crippen molar-refractivity contribution in [2.75, 3.05) is 4.90 Å². The van der Waals surface area contributed by atoms with Crippen molar-refractivity contribution in [2.24, 2.45) is 0 Å². The normalized spacial score (nSPS) is 15.8. The second kappa shape index (κ2) is 8.62. The van der Waals surface area contributed by atoms with Crippen LogP contribution in [-0.2, 0) is 4.79 Å². The number of furan rings is 1. The Bertz CT molecular complexity index is 1650. The van der Waals surface area contributed by atoms with Gasteiger partial charge in [0.1, 0.15) is 16.8 Å². The second-order valence-electron chi connectivity index (χ2n) is 8.48. The van der Waals surface area contributed by atoms with E-state index < -0.39 is 23.5 Å². The molecular weight excluding hydrogens is 472 g/mol. The number of aliphatic hydroxyl groups is 1. The topological polar surface area (TPSA) is 83.6 Å². The summed E-state index contributed by atoms with van der Waals surface area (Å²) in [6, 6.07) is 25.3. The molecule has 0 spiro atoms. The Morgan fingerprint density at radius 2 is 1.72 bits per heavy atom. The number of benzene rings is 3. The number of carbonyl (C=O) groups is 2. The van der Waals surface area contributed by atoms with Crippen LogP contribution in [0.3, 0.4) is 0 Å². The number of aliphatic hydroxyl groups excluding tert-OH is 1. The maximum atomic E-state index is 13.9. The van der Waals surface area contributed by atoms with Crippen molar-refractivity contribution in [3.05, 3.63) is 119 Å². The summed E-state index contributed by atoms with van der Waals surface area (Å²) < 4.78 is 5.70. The molecule has 0 fully saturated rings. The molecular formula is C29H20N2O4S. The molecule has 1 aliphatic rings. The van der Waals surface area contributed by atoms with E-state index >= 15 is 0 Å². The summed E-state index contributed by atoms with van der Waals surface area (Å²) in [4.78, 5) is 33.9. The van der Waals surface area contributed by atoms with Crippen molar-refractivity contribution in [1.29, 1.82) is 0 Å². The van der Waals surface area contributed by atoms with Crippen LogP contribution < -0.4 is 4.90 Å². The van der Waals surface area contributed by atoms with Crippen molar-refractivity contribution < 1.29 is 19.1 Å². The molecule has 0 bridgehead atoms. The van der Waals surface area contributed by atoms with Gasteiger partial charge in [-0.15, -0.1) is 11.3 Å². The van der Waals surface area contributed by atoms with E-state index in [-0.39, 0.29) is 5.57 Å². The van der Waals surface area contributed by atoms with Gasteiger partial charge in [-0.1, -0.05) is 66.7 Å². The first-order chi connectivity index (χ1) is 17.5. The Morgan fingerprint density at radius 1 is 0.972 bits per heavy atom. The van der Waals surface area contributed by atoms with Gasteiger partial charge in [-0.05, 0) is 30.5 Å². The number of hydrogen-bond acceptors (Lipinski definition) is 6. The number of nitrogens with zero attached hydrogens (tertiary/aromatic N) is 2. The molecule has 0 saturated heterocycles. The lowest BCUT2D eigenvalue weighted by atomic mass is 9.98. The zero-order valence-corrected chi connectivity index (χ0v) is 20.0. The van der Waals surface area contributed by atoms with E-state index in [1.54, 1.807) is 19.1 Å². The Labute approximate surface area is 210 Å². The van der Waals surface area contributed by atoms with Gasteiger partial charge < -0.3 is 9.52 Å². The Balaban J connectivity index is 1.49. The van der Waals surface area contributed by atoms with Gasteiger partial charge in [0.2, 0.25) is 5.78 Å². The first-order valence-electron chi connectivity index (χ1n) is 11.4. The fourth-order valence-corrected chi connectivity index (χ4v) is 5.68. The third kappa shape index (κ3) is 3.44. The molecule has 3 aromatic carbocycles. The summed E-state index contributed by atoms with van der Waals surface area (Å²) in [7, 11) is 0. The van der Waals surface area contributed by atoms with Crippen molar-refractivity contribution in [3.8, 4) is 10.6 Å². The van der Waals surface area contributed by atoms with Gasteiger partial charge >= 0.3 is 0 Å². The van der Waals surface area contributed by atoms with Crippen molar-refractivity contribution in [2.45, 2.75) is 13.0 Å². The minimum atomic E-state index is -0.924. The highest BCUT2D eigenvalue weighted by Crippen LogP contribution is 2.45. The van der Waals surface area contributed by atoms with Gasteiger partial charge in [0.25, 0.3) is 5.91 Å². The van der Waals surface area contributed by atoms with E-state index in [0.29, 0.717) is 27.0 Å². The third-order valence-corrected chi connectivity index (χ3v) is 7.52. The standard InChI is InChI=1S/C29H20N2O4S/c1-17-27(36-28(30-17)19-10-3-2-4-11-19)25(32)23-24(22-15-8-16-35-22)31(29(34)26(23)33)21-14-7-12-18-9-5-6-13-20(18)21/h2-16,24,33H,1H3. The molecule has 1 aliphatic heterocycles. The molecule has 0 saturated carbocycles. The summed E-state index contributed by atoms with van der Waals surface area (Å²) in [5, 5.41) is 13.5. The van der Waals surface area contributed by atoms with E-state index in [2.05, 4.69) is 4.98 Å². The third-order valence-electron chi connectivity index (χ3n) is 6.32. The summed E-state index contributed by atoms with van der Waals surface area (Å²) in [6.45, 7) is 1.76. The molecule has 6 nitrogen and oxygen atoms in total. The number of fused-ring (bicyclic) bond motifs is 1. The highest BCUT2D eigenvalue weighted by atomic mass is 32.1. The monoisotopic (exact) mass is 492 g/mol. The predicted molar refractivity (Wildman–Crippen MR) is 139 cm³/mol. The van der Waals surface area contributed by atoms with Gasteiger partial charge in [-0.3, -0.25) is 14.5 Å². The lowest BCUT2D eigenvalue weighted by Gasteiger charge is -2.26. The van der Waals surface area contributed by atoms with Gasteiger partial charge in [-0.25, -0.2) is 4.98 Å². The lowest BCUT2D eigenvalue weighted by Crippen LogP contribution is -2.31. The van der Waals surface area contributed by atoms with Crippen molar-refractivity contribution >= 4 is 39.5 Å². The Kier molecular flexibility index (Phi) is 5.27. The maximum Gasteiger partial charge on any atom is 0.294 e. The summed E-state index contributed by atoms with van der Waals surface area (Å²) in [5.41, 5.74) is 2.00.